The third kappa shape index (κ3) is 5.92. The molecule has 0 fully saturated rings. The van der Waals surface area contributed by atoms with Gasteiger partial charge >= 0.3 is 5.97 Å². The zero-order valence-electron chi connectivity index (χ0n) is 12.1. The normalized spacial score (nSPS) is 14.1. The molecule has 4 heteroatoms. The van der Waals surface area contributed by atoms with Crippen LogP contribution in [0, 0.1) is 0 Å². The van der Waals surface area contributed by atoms with Crippen molar-refractivity contribution < 1.29 is 13.9 Å². The van der Waals surface area contributed by atoms with Gasteiger partial charge in [0.05, 0.1) is 13.4 Å². The van der Waals surface area contributed by atoms with Gasteiger partial charge in [0.25, 0.3) is 0 Å². The van der Waals surface area contributed by atoms with Gasteiger partial charge in [-0.1, -0.05) is 19.8 Å². The van der Waals surface area contributed by atoms with Crippen LogP contribution < -0.4 is 5.32 Å². The minimum atomic E-state index is -0.198. The van der Waals surface area contributed by atoms with E-state index in [1.54, 1.807) is 6.26 Å². The predicted octanol–water partition coefficient (Wildman–Crippen LogP) is 2.92. The van der Waals surface area contributed by atoms with E-state index >= 15 is 0 Å². The van der Waals surface area contributed by atoms with Gasteiger partial charge in [-0.05, 0) is 31.9 Å². The molecule has 0 radical (unpaired) electrons. The highest BCUT2D eigenvalue weighted by molar-refractivity contribution is 5.75. The molecule has 0 aliphatic heterocycles. The van der Waals surface area contributed by atoms with E-state index in [1.807, 2.05) is 12.1 Å². The summed E-state index contributed by atoms with van der Waals surface area (Å²) in [6, 6.07) is 3.93. The number of hydrogen-bond acceptors (Lipinski definition) is 4. The molecule has 0 saturated carbocycles. The largest absolute Gasteiger partial charge is 0.469 e. The monoisotopic (exact) mass is 267 g/mol. The summed E-state index contributed by atoms with van der Waals surface area (Å²) in [4.78, 5) is 11.7. The first kappa shape index (κ1) is 15.8. The van der Waals surface area contributed by atoms with Gasteiger partial charge in [-0.3, -0.25) is 4.79 Å². The van der Waals surface area contributed by atoms with E-state index in [-0.39, 0.29) is 18.1 Å². The van der Waals surface area contributed by atoms with Crippen molar-refractivity contribution >= 4 is 5.97 Å². The standard InChI is InChI=1S/C15H25NO3/c1-4-5-8-14(15(17)18-3)16-12(2)9-10-13-7-6-11-19-13/h6-7,11-12,14,16H,4-5,8-10H2,1-3H3. The van der Waals surface area contributed by atoms with Crippen LogP contribution >= 0.6 is 0 Å². The Bertz CT molecular complexity index is 348. The van der Waals surface area contributed by atoms with Crippen molar-refractivity contribution in [2.24, 2.45) is 0 Å². The maximum absolute atomic E-state index is 11.7. The van der Waals surface area contributed by atoms with E-state index in [1.165, 1.54) is 7.11 Å². The second kappa shape index (κ2) is 8.75. The van der Waals surface area contributed by atoms with Gasteiger partial charge in [-0.15, -0.1) is 0 Å². The molecular weight excluding hydrogens is 242 g/mol. The quantitative estimate of drug-likeness (QED) is 0.699. The van der Waals surface area contributed by atoms with Crippen LogP contribution in [0.15, 0.2) is 22.8 Å². The molecule has 2 unspecified atom stereocenters. The fourth-order valence-electron chi connectivity index (χ4n) is 2.06. The summed E-state index contributed by atoms with van der Waals surface area (Å²) in [6.45, 7) is 4.21. The summed E-state index contributed by atoms with van der Waals surface area (Å²) < 4.78 is 10.1. The van der Waals surface area contributed by atoms with Crippen molar-refractivity contribution in [1.29, 1.82) is 0 Å². The number of carbonyl (C=O) groups is 1. The van der Waals surface area contributed by atoms with Gasteiger partial charge in [0, 0.05) is 12.5 Å². The first-order valence-corrected chi connectivity index (χ1v) is 7.03. The number of rotatable bonds is 9. The van der Waals surface area contributed by atoms with Crippen LogP contribution in [0.3, 0.4) is 0 Å². The summed E-state index contributed by atoms with van der Waals surface area (Å²) in [6.07, 6.45) is 6.43. The topological polar surface area (TPSA) is 51.5 Å². The van der Waals surface area contributed by atoms with Gasteiger partial charge in [0.2, 0.25) is 0 Å². The molecule has 0 saturated heterocycles. The van der Waals surface area contributed by atoms with Crippen LogP contribution in [0.25, 0.3) is 0 Å². The average Bonchev–Trinajstić information content (AvgIpc) is 2.93. The number of esters is 1. The molecule has 0 aliphatic rings. The Morgan fingerprint density at radius 3 is 2.84 bits per heavy atom. The Kier molecular flexibility index (Phi) is 7.26. The number of carbonyl (C=O) groups excluding carboxylic acids is 1. The molecule has 0 amide bonds. The highest BCUT2D eigenvalue weighted by atomic mass is 16.5. The lowest BCUT2D eigenvalue weighted by molar-refractivity contribution is -0.143. The smallest absolute Gasteiger partial charge is 0.322 e. The molecule has 1 heterocycles. The predicted molar refractivity (Wildman–Crippen MR) is 75.0 cm³/mol. The van der Waals surface area contributed by atoms with E-state index in [0.29, 0.717) is 0 Å². The summed E-state index contributed by atoms with van der Waals surface area (Å²) in [5.74, 6) is 0.815. The molecule has 1 N–H and O–H groups in total. The van der Waals surface area contributed by atoms with Crippen LogP contribution in [0.2, 0.25) is 0 Å². The van der Waals surface area contributed by atoms with Crippen molar-refractivity contribution in [1.82, 2.24) is 5.32 Å². The summed E-state index contributed by atoms with van der Waals surface area (Å²) in [5.41, 5.74) is 0. The van der Waals surface area contributed by atoms with Gasteiger partial charge in [0.1, 0.15) is 11.8 Å². The van der Waals surface area contributed by atoms with Crippen molar-refractivity contribution in [3.8, 4) is 0 Å². The summed E-state index contributed by atoms with van der Waals surface area (Å²) in [5, 5.41) is 3.35. The van der Waals surface area contributed by atoms with Crippen molar-refractivity contribution in [3.05, 3.63) is 24.2 Å². The fourth-order valence-corrected chi connectivity index (χ4v) is 2.06. The van der Waals surface area contributed by atoms with Gasteiger partial charge in [-0.2, -0.15) is 0 Å². The van der Waals surface area contributed by atoms with Crippen LogP contribution in [-0.4, -0.2) is 25.2 Å². The van der Waals surface area contributed by atoms with Crippen molar-refractivity contribution in [2.75, 3.05) is 7.11 Å². The molecular formula is C15H25NO3. The highest BCUT2D eigenvalue weighted by Crippen LogP contribution is 2.08. The van der Waals surface area contributed by atoms with Crippen LogP contribution in [0.4, 0.5) is 0 Å². The summed E-state index contributed by atoms with van der Waals surface area (Å²) in [7, 11) is 1.44. The molecule has 2 atom stereocenters. The van der Waals surface area contributed by atoms with Gasteiger partial charge in [0.15, 0.2) is 0 Å². The molecule has 0 bridgehead atoms. The second-order valence-electron chi connectivity index (χ2n) is 4.90. The molecule has 4 nitrogen and oxygen atoms in total. The maximum Gasteiger partial charge on any atom is 0.322 e. The third-order valence-corrected chi connectivity index (χ3v) is 3.22. The number of methoxy groups -OCH3 is 1. The molecule has 108 valence electrons. The zero-order valence-corrected chi connectivity index (χ0v) is 12.1. The Labute approximate surface area is 115 Å². The molecule has 0 spiro atoms. The Morgan fingerprint density at radius 2 is 2.26 bits per heavy atom. The minimum Gasteiger partial charge on any atom is -0.469 e. The Balaban J connectivity index is 2.36. The first-order valence-electron chi connectivity index (χ1n) is 7.03. The molecule has 0 aromatic carbocycles. The average molecular weight is 267 g/mol. The SMILES string of the molecule is CCCCC(NC(C)CCc1ccco1)C(=O)OC. The van der Waals surface area contributed by atoms with E-state index in [4.69, 9.17) is 9.15 Å². The number of nitrogens with one attached hydrogen (secondary N) is 1. The minimum absolute atomic E-state index is 0.168. The molecule has 0 aliphatic carbocycles. The number of furan rings is 1. The number of hydrogen-bond donors (Lipinski definition) is 1. The van der Waals surface area contributed by atoms with E-state index in [2.05, 4.69) is 19.2 Å². The van der Waals surface area contributed by atoms with Crippen LogP contribution in [0.5, 0.6) is 0 Å². The van der Waals surface area contributed by atoms with Crippen molar-refractivity contribution in [2.45, 2.75) is 58.0 Å². The fraction of sp³-hybridized carbons (Fsp3) is 0.667. The zero-order chi connectivity index (χ0) is 14.1. The van der Waals surface area contributed by atoms with Gasteiger partial charge in [-0.25, -0.2) is 0 Å². The second-order valence-corrected chi connectivity index (χ2v) is 4.90. The highest BCUT2D eigenvalue weighted by Gasteiger charge is 2.20. The van der Waals surface area contributed by atoms with E-state index in [0.717, 1.165) is 37.9 Å². The molecule has 1 aromatic heterocycles. The third-order valence-electron chi connectivity index (χ3n) is 3.22. The Morgan fingerprint density at radius 1 is 1.47 bits per heavy atom. The van der Waals surface area contributed by atoms with E-state index < -0.39 is 0 Å². The maximum atomic E-state index is 11.7. The lowest BCUT2D eigenvalue weighted by Gasteiger charge is -2.21. The van der Waals surface area contributed by atoms with Crippen molar-refractivity contribution in [3.63, 3.8) is 0 Å². The number of aryl methyl sites for hydroxylation is 1. The lowest BCUT2D eigenvalue weighted by Crippen LogP contribution is -2.42. The number of ether oxygens (including phenoxy) is 1. The molecule has 19 heavy (non-hydrogen) atoms. The van der Waals surface area contributed by atoms with Crippen LogP contribution in [0.1, 0.15) is 45.3 Å². The van der Waals surface area contributed by atoms with Crippen LogP contribution in [-0.2, 0) is 16.0 Å². The summed E-state index contributed by atoms with van der Waals surface area (Å²) >= 11 is 0. The van der Waals surface area contributed by atoms with E-state index in [9.17, 15) is 4.79 Å². The van der Waals surface area contributed by atoms with Gasteiger partial charge < -0.3 is 14.5 Å². The lowest BCUT2D eigenvalue weighted by atomic mass is 10.1. The molecule has 1 rings (SSSR count). The first-order chi connectivity index (χ1) is 9.17. The Hall–Kier alpha value is -1.29. The molecule has 1 aromatic rings. The number of unbranched alkanes of at least 4 members (excludes halogenated alkanes) is 1.